The van der Waals surface area contributed by atoms with Crippen molar-refractivity contribution in [3.8, 4) is 5.75 Å². The molecule has 0 saturated carbocycles. The van der Waals surface area contributed by atoms with Crippen molar-refractivity contribution in [3.05, 3.63) is 63.5 Å². The molecule has 0 aliphatic carbocycles. The van der Waals surface area contributed by atoms with Gasteiger partial charge in [0.2, 0.25) is 0 Å². The number of amidine groups is 1. The summed E-state index contributed by atoms with van der Waals surface area (Å²) in [5, 5.41) is 0.658. The first-order valence-corrected chi connectivity index (χ1v) is 10.1. The number of carbonyl (C=O) groups excluding carboxylic acids is 2. The number of thioether (sulfide) groups is 1. The standard InChI is InChI=1S/C20H18BrN3O3S/c1-2-24-19(26)17(28-20(24)23-14-6-4-3-5-7-14)11-13-8-9-16(15(21)10-13)27-12-18(22)25/h3-11H,2,12H2,1H3,(H2,22,25)/b17-11+,23-20?. The lowest BCUT2D eigenvalue weighted by Crippen LogP contribution is -2.28. The minimum absolute atomic E-state index is 0.0765. The number of nitrogens with zero attached hydrogens (tertiary/aromatic N) is 2. The summed E-state index contributed by atoms with van der Waals surface area (Å²) in [5.74, 6) is -0.115. The summed E-state index contributed by atoms with van der Waals surface area (Å²) in [6, 6.07) is 14.9. The molecule has 1 aliphatic heterocycles. The monoisotopic (exact) mass is 459 g/mol. The van der Waals surface area contributed by atoms with E-state index < -0.39 is 5.91 Å². The average Bonchev–Trinajstić information content (AvgIpc) is 2.96. The van der Waals surface area contributed by atoms with E-state index in [4.69, 9.17) is 10.5 Å². The number of amides is 2. The third-order valence-corrected chi connectivity index (χ3v) is 5.44. The SMILES string of the molecule is CCN1C(=O)/C(=C\c2ccc(OCC(N)=O)c(Br)c2)SC1=Nc1ccccc1. The van der Waals surface area contributed by atoms with Crippen LogP contribution in [-0.4, -0.2) is 35.0 Å². The normalized spacial score (nSPS) is 16.8. The van der Waals surface area contributed by atoms with Gasteiger partial charge in [-0.3, -0.25) is 14.5 Å². The van der Waals surface area contributed by atoms with Gasteiger partial charge in [-0.15, -0.1) is 0 Å². The number of primary amides is 1. The molecular formula is C20H18BrN3O3S. The lowest BCUT2D eigenvalue weighted by Gasteiger charge is -2.11. The zero-order valence-corrected chi connectivity index (χ0v) is 17.5. The first kappa shape index (κ1) is 20.2. The number of carbonyl (C=O) groups is 2. The van der Waals surface area contributed by atoms with Crippen LogP contribution in [-0.2, 0) is 9.59 Å². The van der Waals surface area contributed by atoms with Gasteiger partial charge in [-0.2, -0.15) is 0 Å². The molecule has 0 spiro atoms. The molecule has 1 aliphatic rings. The highest BCUT2D eigenvalue weighted by atomic mass is 79.9. The van der Waals surface area contributed by atoms with E-state index in [1.165, 1.54) is 11.8 Å². The van der Waals surface area contributed by atoms with Gasteiger partial charge in [0.1, 0.15) is 5.75 Å². The lowest BCUT2D eigenvalue weighted by molar-refractivity contribution is -0.122. The predicted octanol–water partition coefficient (Wildman–Crippen LogP) is 3.94. The van der Waals surface area contributed by atoms with Crippen molar-refractivity contribution >= 4 is 56.4 Å². The highest BCUT2D eigenvalue weighted by Crippen LogP contribution is 2.35. The van der Waals surface area contributed by atoms with Gasteiger partial charge in [-0.25, -0.2) is 4.99 Å². The van der Waals surface area contributed by atoms with E-state index in [9.17, 15) is 9.59 Å². The summed E-state index contributed by atoms with van der Waals surface area (Å²) in [6.07, 6.45) is 1.81. The van der Waals surface area contributed by atoms with Crippen LogP contribution >= 0.6 is 27.7 Å². The Hall–Kier alpha value is -2.58. The third-order valence-electron chi connectivity index (χ3n) is 3.81. The van der Waals surface area contributed by atoms with Gasteiger partial charge in [0.05, 0.1) is 15.1 Å². The van der Waals surface area contributed by atoms with Gasteiger partial charge < -0.3 is 10.5 Å². The van der Waals surface area contributed by atoms with Crippen LogP contribution in [0.2, 0.25) is 0 Å². The van der Waals surface area contributed by atoms with E-state index in [1.807, 2.05) is 55.5 Å². The largest absolute Gasteiger partial charge is 0.483 e. The van der Waals surface area contributed by atoms with Crippen LogP contribution in [0.4, 0.5) is 5.69 Å². The van der Waals surface area contributed by atoms with Crippen molar-refractivity contribution < 1.29 is 14.3 Å². The zero-order valence-electron chi connectivity index (χ0n) is 15.1. The molecule has 1 heterocycles. The van der Waals surface area contributed by atoms with E-state index in [2.05, 4.69) is 20.9 Å². The Labute approximate surface area is 175 Å². The first-order valence-electron chi connectivity index (χ1n) is 8.53. The number of likely N-dealkylation sites (N-methyl/N-ethyl adjacent to an activating group) is 1. The maximum Gasteiger partial charge on any atom is 0.266 e. The second-order valence-electron chi connectivity index (χ2n) is 5.83. The summed E-state index contributed by atoms with van der Waals surface area (Å²) in [4.78, 5) is 30.4. The highest BCUT2D eigenvalue weighted by Gasteiger charge is 2.32. The summed E-state index contributed by atoms with van der Waals surface area (Å²) in [7, 11) is 0. The van der Waals surface area contributed by atoms with E-state index >= 15 is 0 Å². The van der Waals surface area contributed by atoms with Crippen LogP contribution in [0, 0.1) is 0 Å². The molecule has 2 aromatic carbocycles. The molecule has 2 aromatic rings. The van der Waals surface area contributed by atoms with Crippen LogP contribution in [0.5, 0.6) is 5.75 Å². The highest BCUT2D eigenvalue weighted by molar-refractivity contribution is 9.10. The Morgan fingerprint density at radius 1 is 1.29 bits per heavy atom. The average molecular weight is 460 g/mol. The molecule has 0 bridgehead atoms. The molecule has 1 saturated heterocycles. The molecule has 0 atom stereocenters. The van der Waals surface area contributed by atoms with E-state index in [-0.39, 0.29) is 12.5 Å². The predicted molar refractivity (Wildman–Crippen MR) is 115 cm³/mol. The second-order valence-corrected chi connectivity index (χ2v) is 7.70. The summed E-state index contributed by atoms with van der Waals surface area (Å²) in [5.41, 5.74) is 6.72. The Balaban J connectivity index is 1.84. The minimum Gasteiger partial charge on any atom is -0.483 e. The second kappa shape index (κ2) is 9.07. The summed E-state index contributed by atoms with van der Waals surface area (Å²) < 4.78 is 5.99. The molecule has 2 N–H and O–H groups in total. The van der Waals surface area contributed by atoms with Gasteiger partial charge in [0.15, 0.2) is 11.8 Å². The number of nitrogens with two attached hydrogens (primary N) is 1. The minimum atomic E-state index is -0.545. The number of benzene rings is 2. The van der Waals surface area contributed by atoms with Gasteiger partial charge in [0, 0.05) is 6.54 Å². The third kappa shape index (κ3) is 4.82. The fraction of sp³-hybridized carbons (Fsp3) is 0.150. The molecule has 1 fully saturated rings. The van der Waals surface area contributed by atoms with Crippen molar-refractivity contribution in [1.29, 1.82) is 0 Å². The molecule has 2 amide bonds. The number of rotatable bonds is 6. The molecule has 144 valence electrons. The van der Waals surface area contributed by atoms with Crippen LogP contribution in [0.25, 0.3) is 6.08 Å². The maximum atomic E-state index is 12.7. The van der Waals surface area contributed by atoms with Gasteiger partial charge in [0.25, 0.3) is 11.8 Å². The Kier molecular flexibility index (Phi) is 6.53. The number of para-hydroxylation sites is 1. The molecule has 28 heavy (non-hydrogen) atoms. The molecular weight excluding hydrogens is 442 g/mol. The fourth-order valence-corrected chi connectivity index (χ4v) is 4.08. The molecule has 6 nitrogen and oxygen atoms in total. The van der Waals surface area contributed by atoms with Crippen LogP contribution in [0.1, 0.15) is 12.5 Å². The fourth-order valence-electron chi connectivity index (χ4n) is 2.51. The topological polar surface area (TPSA) is 85.0 Å². The number of hydrogen-bond acceptors (Lipinski definition) is 5. The summed E-state index contributed by atoms with van der Waals surface area (Å²) >= 11 is 4.76. The summed E-state index contributed by atoms with van der Waals surface area (Å²) in [6.45, 7) is 2.26. The Morgan fingerprint density at radius 3 is 2.68 bits per heavy atom. The molecule has 0 unspecified atom stereocenters. The lowest BCUT2D eigenvalue weighted by atomic mass is 10.2. The van der Waals surface area contributed by atoms with E-state index in [0.29, 0.717) is 26.8 Å². The van der Waals surface area contributed by atoms with Crippen LogP contribution < -0.4 is 10.5 Å². The molecule has 8 heteroatoms. The number of hydrogen-bond donors (Lipinski definition) is 1. The van der Waals surface area contributed by atoms with Crippen LogP contribution in [0.3, 0.4) is 0 Å². The Morgan fingerprint density at radius 2 is 2.04 bits per heavy atom. The van der Waals surface area contributed by atoms with Gasteiger partial charge >= 0.3 is 0 Å². The van der Waals surface area contributed by atoms with Crippen molar-refractivity contribution in [2.75, 3.05) is 13.2 Å². The Bertz CT molecular complexity index is 960. The van der Waals surface area contributed by atoms with Gasteiger partial charge in [-0.05, 0) is 70.5 Å². The molecule has 0 aromatic heterocycles. The molecule has 3 rings (SSSR count). The van der Waals surface area contributed by atoms with Crippen molar-refractivity contribution in [3.63, 3.8) is 0 Å². The maximum absolute atomic E-state index is 12.7. The smallest absolute Gasteiger partial charge is 0.266 e. The molecule has 0 radical (unpaired) electrons. The van der Waals surface area contributed by atoms with Gasteiger partial charge in [-0.1, -0.05) is 24.3 Å². The van der Waals surface area contributed by atoms with E-state index in [1.54, 1.807) is 11.0 Å². The quantitative estimate of drug-likeness (QED) is 0.662. The van der Waals surface area contributed by atoms with Crippen molar-refractivity contribution in [1.82, 2.24) is 4.90 Å². The van der Waals surface area contributed by atoms with Crippen molar-refractivity contribution in [2.45, 2.75) is 6.92 Å². The number of halogens is 1. The first-order chi connectivity index (χ1) is 13.5. The zero-order chi connectivity index (χ0) is 20.1. The van der Waals surface area contributed by atoms with E-state index in [0.717, 1.165) is 11.3 Å². The van der Waals surface area contributed by atoms with Crippen LogP contribution in [0.15, 0.2) is 62.9 Å². The number of aliphatic imine (C=N–C) groups is 1. The number of ether oxygens (including phenoxy) is 1. The van der Waals surface area contributed by atoms with Crippen molar-refractivity contribution in [2.24, 2.45) is 10.7 Å².